The number of carbonyl (C=O) groups is 1. The zero-order valence-corrected chi connectivity index (χ0v) is 15.3. The molecule has 0 unspecified atom stereocenters. The Kier molecular flexibility index (Phi) is 5.75. The fourth-order valence-electron chi connectivity index (χ4n) is 2.34. The molecule has 1 N–H and O–H groups in total. The van der Waals surface area contributed by atoms with Crippen LogP contribution in [0.3, 0.4) is 0 Å². The normalized spacial score (nSPS) is 10.6. The number of ether oxygens (including phenoxy) is 1. The topological polar surface area (TPSA) is 77.2 Å². The van der Waals surface area contributed by atoms with Crippen LogP contribution in [0.2, 0.25) is 10.0 Å². The Morgan fingerprint density at radius 3 is 2.73 bits per heavy atom. The largest absolute Gasteiger partial charge is 0.496 e. The molecule has 8 heteroatoms. The van der Waals surface area contributed by atoms with Crippen LogP contribution in [-0.4, -0.2) is 23.2 Å². The van der Waals surface area contributed by atoms with Gasteiger partial charge in [0.1, 0.15) is 5.75 Å². The van der Waals surface area contributed by atoms with Gasteiger partial charge in [0.25, 0.3) is 0 Å². The van der Waals surface area contributed by atoms with Crippen molar-refractivity contribution in [1.29, 1.82) is 0 Å². The maximum atomic E-state index is 12.2. The molecule has 0 bridgehead atoms. The van der Waals surface area contributed by atoms with E-state index in [9.17, 15) is 4.79 Å². The van der Waals surface area contributed by atoms with Gasteiger partial charge in [0, 0.05) is 22.2 Å². The lowest BCUT2D eigenvalue weighted by atomic mass is 10.1. The third kappa shape index (κ3) is 4.33. The minimum atomic E-state index is -0.461. The molecule has 2 aromatic carbocycles. The molecule has 0 atom stereocenters. The molecule has 3 rings (SSSR count). The molecule has 26 heavy (non-hydrogen) atoms. The van der Waals surface area contributed by atoms with Crippen molar-refractivity contribution in [3.8, 4) is 5.75 Å². The van der Waals surface area contributed by atoms with Crippen molar-refractivity contribution in [3.05, 3.63) is 75.4 Å². The van der Waals surface area contributed by atoms with Gasteiger partial charge in [-0.2, -0.15) is 0 Å². The number of hydrogen-bond acceptors (Lipinski definition) is 5. The zero-order valence-electron chi connectivity index (χ0n) is 13.8. The number of nitrogens with zero attached hydrogens (tertiary/aromatic N) is 2. The van der Waals surface area contributed by atoms with E-state index in [1.807, 2.05) is 24.3 Å². The number of benzene rings is 2. The summed E-state index contributed by atoms with van der Waals surface area (Å²) in [5.74, 6) is 0.407. The van der Waals surface area contributed by atoms with Crippen LogP contribution in [0, 0.1) is 0 Å². The number of amides is 1. The first kappa shape index (κ1) is 18.2. The van der Waals surface area contributed by atoms with E-state index in [-0.39, 0.29) is 18.3 Å². The van der Waals surface area contributed by atoms with Crippen LogP contribution >= 0.6 is 23.2 Å². The molecule has 3 aromatic rings. The third-order valence-electron chi connectivity index (χ3n) is 3.65. The average molecular weight is 392 g/mol. The van der Waals surface area contributed by atoms with Gasteiger partial charge in [-0.05, 0) is 23.8 Å². The first-order valence-corrected chi connectivity index (χ1v) is 8.49. The van der Waals surface area contributed by atoms with E-state index < -0.39 is 5.91 Å². The molecule has 0 fully saturated rings. The summed E-state index contributed by atoms with van der Waals surface area (Å²) in [4.78, 5) is 12.2. The number of rotatable bonds is 6. The summed E-state index contributed by atoms with van der Waals surface area (Å²) in [6.45, 7) is 0.281. The molecule has 1 aromatic heterocycles. The van der Waals surface area contributed by atoms with E-state index >= 15 is 0 Å². The predicted octanol–water partition coefficient (Wildman–Crippen LogP) is 3.91. The first-order chi connectivity index (χ1) is 12.6. The Morgan fingerprint density at radius 2 is 1.96 bits per heavy atom. The van der Waals surface area contributed by atoms with E-state index in [0.29, 0.717) is 22.2 Å². The van der Waals surface area contributed by atoms with Crippen LogP contribution in [0.5, 0.6) is 5.75 Å². The third-order valence-corrected chi connectivity index (χ3v) is 4.24. The number of hydrogen-bond donors (Lipinski definition) is 1. The Hall–Kier alpha value is -2.57. The van der Waals surface area contributed by atoms with Crippen molar-refractivity contribution in [2.75, 3.05) is 7.11 Å². The van der Waals surface area contributed by atoms with Crippen LogP contribution in [-0.2, 0) is 13.0 Å². The van der Waals surface area contributed by atoms with Crippen LogP contribution < -0.4 is 10.1 Å². The zero-order chi connectivity index (χ0) is 18.5. The molecule has 0 aliphatic carbocycles. The Balaban J connectivity index is 1.64. The van der Waals surface area contributed by atoms with Crippen molar-refractivity contribution in [1.82, 2.24) is 15.5 Å². The van der Waals surface area contributed by atoms with E-state index in [2.05, 4.69) is 15.5 Å². The summed E-state index contributed by atoms with van der Waals surface area (Å²) < 4.78 is 10.7. The second-order valence-corrected chi connectivity index (χ2v) is 6.25. The number of para-hydroxylation sites is 1. The Morgan fingerprint density at radius 1 is 1.15 bits per heavy atom. The molecule has 0 aliphatic rings. The maximum Gasteiger partial charge on any atom is 0.309 e. The fourth-order valence-corrected chi connectivity index (χ4v) is 2.82. The minimum absolute atomic E-state index is 0.111. The van der Waals surface area contributed by atoms with Gasteiger partial charge >= 0.3 is 11.8 Å². The van der Waals surface area contributed by atoms with Crippen LogP contribution in [0.25, 0.3) is 0 Å². The molecule has 0 saturated carbocycles. The highest BCUT2D eigenvalue weighted by Gasteiger charge is 2.16. The Labute approximate surface area is 160 Å². The summed E-state index contributed by atoms with van der Waals surface area (Å²) in [6, 6.07) is 12.5. The highest BCUT2D eigenvalue weighted by atomic mass is 35.5. The second kappa shape index (κ2) is 8.21. The van der Waals surface area contributed by atoms with E-state index in [1.165, 1.54) is 0 Å². The highest BCUT2D eigenvalue weighted by molar-refractivity contribution is 6.35. The number of methoxy groups -OCH3 is 1. The average Bonchev–Trinajstić information content (AvgIpc) is 3.11. The van der Waals surface area contributed by atoms with Gasteiger partial charge in [-0.25, -0.2) is 0 Å². The van der Waals surface area contributed by atoms with E-state index in [4.69, 9.17) is 32.4 Å². The smallest absolute Gasteiger partial charge is 0.309 e. The predicted molar refractivity (Wildman–Crippen MR) is 97.7 cm³/mol. The van der Waals surface area contributed by atoms with E-state index in [1.54, 1.807) is 25.3 Å². The molecule has 6 nitrogen and oxygen atoms in total. The van der Waals surface area contributed by atoms with Gasteiger partial charge in [0.15, 0.2) is 0 Å². The summed E-state index contributed by atoms with van der Waals surface area (Å²) in [6.07, 6.45) is 0.308. The first-order valence-electron chi connectivity index (χ1n) is 7.73. The minimum Gasteiger partial charge on any atom is -0.496 e. The summed E-state index contributed by atoms with van der Waals surface area (Å²) in [7, 11) is 1.58. The van der Waals surface area contributed by atoms with E-state index in [0.717, 1.165) is 11.1 Å². The van der Waals surface area contributed by atoms with Crippen molar-refractivity contribution in [3.63, 3.8) is 0 Å². The monoisotopic (exact) mass is 391 g/mol. The van der Waals surface area contributed by atoms with Gasteiger partial charge in [-0.15, -0.1) is 10.2 Å². The lowest BCUT2D eigenvalue weighted by Crippen LogP contribution is -2.23. The van der Waals surface area contributed by atoms with Gasteiger partial charge in [-0.1, -0.05) is 47.5 Å². The SMILES string of the molecule is COc1ccccc1CNC(=O)c1nnc(Cc2ccc(Cl)cc2Cl)o1. The van der Waals surface area contributed by atoms with Crippen molar-refractivity contribution in [2.24, 2.45) is 0 Å². The van der Waals surface area contributed by atoms with Crippen LogP contribution in [0.1, 0.15) is 27.7 Å². The summed E-state index contributed by atoms with van der Waals surface area (Å²) in [5, 5.41) is 11.4. The number of nitrogens with one attached hydrogen (secondary N) is 1. The summed E-state index contributed by atoms with van der Waals surface area (Å²) >= 11 is 12.0. The lowest BCUT2D eigenvalue weighted by molar-refractivity contribution is 0.0914. The fraction of sp³-hybridized carbons (Fsp3) is 0.167. The van der Waals surface area contributed by atoms with Gasteiger partial charge in [-0.3, -0.25) is 4.79 Å². The summed E-state index contributed by atoms with van der Waals surface area (Å²) in [5.41, 5.74) is 1.62. The Bertz CT molecular complexity index is 928. The molecule has 134 valence electrons. The molecule has 0 spiro atoms. The molecule has 1 heterocycles. The highest BCUT2D eigenvalue weighted by Crippen LogP contribution is 2.23. The van der Waals surface area contributed by atoms with Crippen molar-refractivity contribution < 1.29 is 13.9 Å². The van der Waals surface area contributed by atoms with Gasteiger partial charge < -0.3 is 14.5 Å². The van der Waals surface area contributed by atoms with Gasteiger partial charge in [0.2, 0.25) is 5.89 Å². The number of carbonyl (C=O) groups excluding carboxylic acids is 1. The molecule has 0 radical (unpaired) electrons. The van der Waals surface area contributed by atoms with Crippen molar-refractivity contribution in [2.45, 2.75) is 13.0 Å². The quantitative estimate of drug-likeness (QED) is 0.689. The van der Waals surface area contributed by atoms with Crippen LogP contribution in [0.15, 0.2) is 46.9 Å². The maximum absolute atomic E-state index is 12.2. The van der Waals surface area contributed by atoms with Crippen LogP contribution in [0.4, 0.5) is 0 Å². The molecule has 0 aliphatic heterocycles. The molecular weight excluding hydrogens is 377 g/mol. The number of halogens is 2. The second-order valence-electron chi connectivity index (χ2n) is 5.41. The molecular formula is C18H15Cl2N3O3. The van der Waals surface area contributed by atoms with Gasteiger partial charge in [0.05, 0.1) is 13.5 Å². The van der Waals surface area contributed by atoms with Crippen molar-refractivity contribution >= 4 is 29.1 Å². The lowest BCUT2D eigenvalue weighted by Gasteiger charge is -2.08. The molecule has 1 amide bonds. The standard InChI is InChI=1S/C18H15Cl2N3O3/c1-25-15-5-3-2-4-12(15)10-21-17(24)18-23-22-16(26-18)8-11-6-7-13(19)9-14(11)20/h2-7,9H,8,10H2,1H3,(H,21,24). The number of aromatic nitrogens is 2. The molecule has 0 saturated heterocycles.